The van der Waals surface area contributed by atoms with Gasteiger partial charge < -0.3 is 20.5 Å². The van der Waals surface area contributed by atoms with Crippen LogP contribution in [-0.4, -0.2) is 35.9 Å². The quantitative estimate of drug-likeness (QED) is 0.510. The van der Waals surface area contributed by atoms with Crippen molar-refractivity contribution in [2.45, 2.75) is 38.1 Å². The maximum absolute atomic E-state index is 13.6. The Labute approximate surface area is 196 Å². The smallest absolute Gasteiger partial charge is 0.358 e. The van der Waals surface area contributed by atoms with Crippen LogP contribution in [0, 0.1) is 5.82 Å². The Balaban J connectivity index is 1.54. The molecule has 1 heterocycles. The number of hydrogen-bond donors (Lipinski definition) is 2. The Morgan fingerprint density at radius 3 is 2.50 bits per heavy atom. The number of nitrogens with zero attached hydrogens (tertiary/aromatic N) is 2. The first kappa shape index (κ1) is 23.3. The fraction of sp³-hybridized carbons (Fsp3) is 0.320. The maximum atomic E-state index is 13.6. The zero-order chi connectivity index (χ0) is 24.2. The van der Waals surface area contributed by atoms with Gasteiger partial charge >= 0.3 is 5.97 Å². The molecule has 1 saturated carbocycles. The van der Waals surface area contributed by atoms with E-state index in [1.807, 2.05) is 12.1 Å². The molecule has 1 aliphatic carbocycles. The van der Waals surface area contributed by atoms with E-state index >= 15 is 0 Å². The average Bonchev–Trinajstić information content (AvgIpc) is 3.50. The molecule has 0 unspecified atom stereocenters. The Morgan fingerprint density at radius 1 is 1.15 bits per heavy atom. The van der Waals surface area contributed by atoms with Crippen molar-refractivity contribution in [2.24, 2.45) is 0 Å². The first-order valence-corrected chi connectivity index (χ1v) is 11.1. The lowest BCUT2D eigenvalue weighted by atomic mass is 10.0. The predicted molar refractivity (Wildman–Crippen MR) is 125 cm³/mol. The van der Waals surface area contributed by atoms with Crippen LogP contribution in [0.5, 0.6) is 5.75 Å². The Hall–Kier alpha value is -3.88. The van der Waals surface area contributed by atoms with Gasteiger partial charge in [-0.15, -0.1) is 0 Å². The summed E-state index contributed by atoms with van der Waals surface area (Å²) >= 11 is 0. The molecule has 1 aliphatic rings. The van der Waals surface area contributed by atoms with E-state index < -0.39 is 17.7 Å². The molecule has 0 spiro atoms. The van der Waals surface area contributed by atoms with Crippen LogP contribution in [0.2, 0.25) is 0 Å². The first-order valence-electron chi connectivity index (χ1n) is 11.1. The molecule has 0 radical (unpaired) electrons. The van der Waals surface area contributed by atoms with E-state index in [9.17, 15) is 14.0 Å². The number of methoxy groups -OCH3 is 2. The molecule has 8 nitrogen and oxygen atoms in total. The number of nitrogen functional groups attached to an aromatic ring is 1. The van der Waals surface area contributed by atoms with E-state index in [1.165, 1.54) is 31.0 Å². The molecule has 1 fully saturated rings. The molecule has 178 valence electrons. The Kier molecular flexibility index (Phi) is 6.81. The molecule has 9 heteroatoms. The zero-order valence-corrected chi connectivity index (χ0v) is 19.1. The van der Waals surface area contributed by atoms with Crippen LogP contribution >= 0.6 is 0 Å². The third-order valence-electron chi connectivity index (χ3n) is 6.11. The highest BCUT2D eigenvalue weighted by Crippen LogP contribution is 2.38. The molecule has 0 atom stereocenters. The number of halogens is 1. The van der Waals surface area contributed by atoms with Crippen LogP contribution < -0.4 is 15.8 Å². The van der Waals surface area contributed by atoms with Crippen LogP contribution in [-0.2, 0) is 11.3 Å². The van der Waals surface area contributed by atoms with Crippen molar-refractivity contribution in [3.8, 4) is 11.4 Å². The van der Waals surface area contributed by atoms with Crippen molar-refractivity contribution >= 4 is 17.6 Å². The molecular formula is C25H27FN4O4. The highest BCUT2D eigenvalue weighted by molar-refractivity contribution is 5.97. The van der Waals surface area contributed by atoms with Crippen molar-refractivity contribution in [3.63, 3.8) is 0 Å². The van der Waals surface area contributed by atoms with Gasteiger partial charge in [0.05, 0.1) is 36.9 Å². The molecule has 1 aromatic heterocycles. The van der Waals surface area contributed by atoms with Crippen LogP contribution in [0.25, 0.3) is 5.69 Å². The number of benzene rings is 2. The number of amides is 1. The topological polar surface area (TPSA) is 108 Å². The number of carbonyl (C=O) groups excluding carboxylic acids is 2. The summed E-state index contributed by atoms with van der Waals surface area (Å²) in [6.07, 6.45) is 4.23. The van der Waals surface area contributed by atoms with Crippen LogP contribution in [0.15, 0.2) is 42.5 Å². The lowest BCUT2D eigenvalue weighted by molar-refractivity contribution is 0.0591. The van der Waals surface area contributed by atoms with Gasteiger partial charge in [0.2, 0.25) is 0 Å². The standard InChI is InChI=1S/C25H27FN4O4/c1-33-20-12-9-17(26)13-19(20)24(31)28-14-15-7-10-18(11-8-15)30-23(25(32)34-2)21(27)22(29-30)16-5-3-4-6-16/h7-13,16H,3-6,14,27H2,1-2H3,(H,28,31). The second-order valence-electron chi connectivity index (χ2n) is 8.23. The molecule has 1 amide bonds. The van der Waals surface area contributed by atoms with Gasteiger partial charge in [-0.2, -0.15) is 5.10 Å². The fourth-order valence-electron chi connectivity index (χ4n) is 4.32. The summed E-state index contributed by atoms with van der Waals surface area (Å²) in [5, 5.41) is 7.44. The average molecular weight is 467 g/mol. The number of aromatic nitrogens is 2. The molecule has 0 saturated heterocycles. The SMILES string of the molecule is COC(=O)c1c(N)c(C2CCCC2)nn1-c1ccc(CNC(=O)c2cc(F)ccc2OC)cc1. The van der Waals surface area contributed by atoms with Gasteiger partial charge in [-0.25, -0.2) is 13.9 Å². The van der Waals surface area contributed by atoms with Crippen LogP contribution in [0.1, 0.15) is 63.7 Å². The highest BCUT2D eigenvalue weighted by atomic mass is 19.1. The molecule has 4 rings (SSSR count). The van der Waals surface area contributed by atoms with E-state index in [0.717, 1.165) is 43.0 Å². The number of anilines is 1. The third-order valence-corrected chi connectivity index (χ3v) is 6.11. The van der Waals surface area contributed by atoms with E-state index in [1.54, 1.807) is 12.1 Å². The lowest BCUT2D eigenvalue weighted by Crippen LogP contribution is -2.23. The minimum Gasteiger partial charge on any atom is -0.496 e. The van der Waals surface area contributed by atoms with E-state index in [2.05, 4.69) is 10.4 Å². The molecule has 0 aliphatic heterocycles. The Morgan fingerprint density at radius 2 is 1.85 bits per heavy atom. The molecule has 3 N–H and O–H groups in total. The number of ether oxygens (including phenoxy) is 2. The van der Waals surface area contributed by atoms with Crippen LogP contribution in [0.3, 0.4) is 0 Å². The summed E-state index contributed by atoms with van der Waals surface area (Å²) in [6, 6.07) is 11.0. The molecule has 3 aromatic rings. The lowest BCUT2D eigenvalue weighted by Gasteiger charge is -2.10. The van der Waals surface area contributed by atoms with Gasteiger partial charge in [0, 0.05) is 12.5 Å². The molecule has 2 aromatic carbocycles. The van der Waals surface area contributed by atoms with Crippen LogP contribution in [0.4, 0.5) is 10.1 Å². The maximum Gasteiger partial charge on any atom is 0.358 e. The largest absolute Gasteiger partial charge is 0.496 e. The number of carbonyl (C=O) groups is 2. The van der Waals surface area contributed by atoms with E-state index in [4.69, 9.17) is 15.2 Å². The van der Waals surface area contributed by atoms with Gasteiger partial charge in [-0.3, -0.25) is 4.79 Å². The zero-order valence-electron chi connectivity index (χ0n) is 19.1. The van der Waals surface area contributed by atoms with Gasteiger partial charge in [0.1, 0.15) is 11.6 Å². The number of nitrogens with two attached hydrogens (primary N) is 1. The van der Waals surface area contributed by atoms with Gasteiger partial charge in [-0.05, 0) is 48.7 Å². The van der Waals surface area contributed by atoms with Crippen molar-refractivity contribution in [3.05, 3.63) is 70.8 Å². The minimum atomic E-state index is -0.547. The van der Waals surface area contributed by atoms with Gasteiger partial charge in [0.15, 0.2) is 5.69 Å². The molecular weight excluding hydrogens is 439 g/mol. The monoisotopic (exact) mass is 466 g/mol. The number of hydrogen-bond acceptors (Lipinski definition) is 6. The number of esters is 1. The van der Waals surface area contributed by atoms with Crippen molar-refractivity contribution in [2.75, 3.05) is 20.0 Å². The predicted octanol–water partition coefficient (Wildman–Crippen LogP) is 3.98. The highest BCUT2D eigenvalue weighted by Gasteiger charge is 2.29. The summed E-state index contributed by atoms with van der Waals surface area (Å²) in [4.78, 5) is 25.0. The second-order valence-corrected chi connectivity index (χ2v) is 8.23. The van der Waals surface area contributed by atoms with Crippen molar-refractivity contribution < 1.29 is 23.5 Å². The van der Waals surface area contributed by atoms with Crippen molar-refractivity contribution in [1.29, 1.82) is 0 Å². The molecule has 0 bridgehead atoms. The van der Waals surface area contributed by atoms with E-state index in [-0.39, 0.29) is 23.7 Å². The summed E-state index contributed by atoms with van der Waals surface area (Å²) in [7, 11) is 2.74. The normalized spacial score (nSPS) is 13.6. The summed E-state index contributed by atoms with van der Waals surface area (Å²) in [5.41, 5.74) is 9.21. The third kappa shape index (κ3) is 4.59. The summed E-state index contributed by atoms with van der Waals surface area (Å²) < 4.78 is 25.2. The van der Waals surface area contributed by atoms with Gasteiger partial charge in [-0.1, -0.05) is 25.0 Å². The number of rotatable bonds is 7. The first-order chi connectivity index (χ1) is 16.4. The number of nitrogens with one attached hydrogen (secondary N) is 1. The van der Waals surface area contributed by atoms with E-state index in [0.29, 0.717) is 17.1 Å². The molecule has 34 heavy (non-hydrogen) atoms. The fourth-order valence-corrected chi connectivity index (χ4v) is 4.32. The summed E-state index contributed by atoms with van der Waals surface area (Å²) in [5.74, 6) is -0.992. The van der Waals surface area contributed by atoms with Gasteiger partial charge in [0.25, 0.3) is 5.91 Å². The Bertz CT molecular complexity index is 1200. The van der Waals surface area contributed by atoms with Crippen molar-refractivity contribution in [1.82, 2.24) is 15.1 Å². The minimum absolute atomic E-state index is 0.119. The second kappa shape index (κ2) is 9.94. The summed E-state index contributed by atoms with van der Waals surface area (Å²) in [6.45, 7) is 0.219.